The Hall–Kier alpha value is -4.53. The van der Waals surface area contributed by atoms with Crippen LogP contribution in [0.15, 0.2) is 64.8 Å². The van der Waals surface area contributed by atoms with Crippen LogP contribution in [0, 0.1) is 6.92 Å². The van der Waals surface area contributed by atoms with E-state index in [-0.39, 0.29) is 34.3 Å². The van der Waals surface area contributed by atoms with Crippen LogP contribution in [0.2, 0.25) is 0 Å². The molecular formula is C25H21N3O6. The summed E-state index contributed by atoms with van der Waals surface area (Å²) < 4.78 is 16.4. The van der Waals surface area contributed by atoms with E-state index in [1.807, 2.05) is 25.1 Å². The molecule has 2 aromatic heterocycles. The van der Waals surface area contributed by atoms with Gasteiger partial charge in [-0.1, -0.05) is 12.1 Å². The average Bonchev–Trinajstić information content (AvgIpc) is 3.56. The molecule has 0 spiro atoms. The minimum Gasteiger partial charge on any atom is -0.506 e. The zero-order chi connectivity index (χ0) is 24.0. The second-order valence-electron chi connectivity index (χ2n) is 7.80. The third-order valence-electron chi connectivity index (χ3n) is 5.77. The number of furan rings is 1. The summed E-state index contributed by atoms with van der Waals surface area (Å²) in [6.45, 7) is 1.94. The van der Waals surface area contributed by atoms with E-state index in [2.05, 4.69) is 9.97 Å². The molecule has 3 heterocycles. The molecular weight excluding hydrogens is 438 g/mol. The van der Waals surface area contributed by atoms with Gasteiger partial charge in [-0.2, -0.15) is 0 Å². The lowest BCUT2D eigenvalue weighted by molar-refractivity contribution is -0.132. The van der Waals surface area contributed by atoms with E-state index in [4.69, 9.17) is 13.9 Å². The van der Waals surface area contributed by atoms with Gasteiger partial charge in [-0.3, -0.25) is 14.5 Å². The number of Topliss-reactive ketones (excluding diaryl/α,β-unsaturated/α-hetero) is 1. The molecule has 1 aliphatic rings. The number of ketones is 1. The van der Waals surface area contributed by atoms with E-state index in [0.29, 0.717) is 11.0 Å². The Labute approximate surface area is 194 Å². The van der Waals surface area contributed by atoms with E-state index in [0.717, 1.165) is 5.56 Å². The number of hydrogen-bond donors (Lipinski definition) is 2. The monoisotopic (exact) mass is 459 g/mol. The number of aliphatic hydroxyl groups excluding tert-OH is 1. The molecule has 1 atom stereocenters. The van der Waals surface area contributed by atoms with Gasteiger partial charge in [0.25, 0.3) is 5.78 Å². The summed E-state index contributed by atoms with van der Waals surface area (Å²) in [5.74, 6) is -1.18. The number of nitrogens with zero attached hydrogens (tertiary/aromatic N) is 2. The van der Waals surface area contributed by atoms with Crippen LogP contribution in [-0.2, 0) is 9.59 Å². The Bertz CT molecular complexity index is 1430. The highest BCUT2D eigenvalue weighted by Gasteiger charge is 2.50. The molecule has 34 heavy (non-hydrogen) atoms. The van der Waals surface area contributed by atoms with Crippen molar-refractivity contribution in [2.75, 3.05) is 19.1 Å². The second-order valence-corrected chi connectivity index (χ2v) is 7.80. The number of nitrogens with one attached hydrogen (secondary N) is 1. The van der Waals surface area contributed by atoms with Crippen LogP contribution in [0.25, 0.3) is 16.8 Å². The molecule has 1 fully saturated rings. The lowest BCUT2D eigenvalue weighted by Crippen LogP contribution is -2.30. The first-order valence-electron chi connectivity index (χ1n) is 10.5. The lowest BCUT2D eigenvalue weighted by Gasteiger charge is -2.21. The number of anilines is 1. The Morgan fingerprint density at radius 3 is 2.47 bits per heavy atom. The summed E-state index contributed by atoms with van der Waals surface area (Å²) in [4.78, 5) is 35.4. The predicted molar refractivity (Wildman–Crippen MR) is 124 cm³/mol. The minimum absolute atomic E-state index is 0.155. The van der Waals surface area contributed by atoms with Gasteiger partial charge in [0.15, 0.2) is 0 Å². The quantitative estimate of drug-likeness (QED) is 0.262. The molecule has 4 aromatic rings. The zero-order valence-electron chi connectivity index (χ0n) is 18.7. The molecule has 2 N–H and O–H groups in total. The molecule has 9 heteroatoms. The van der Waals surface area contributed by atoms with Gasteiger partial charge in [-0.05, 0) is 48.9 Å². The zero-order valence-corrected chi connectivity index (χ0v) is 18.7. The molecule has 2 aromatic carbocycles. The van der Waals surface area contributed by atoms with Gasteiger partial charge >= 0.3 is 5.91 Å². The first-order valence-corrected chi connectivity index (χ1v) is 10.5. The summed E-state index contributed by atoms with van der Waals surface area (Å²) >= 11 is 0. The third-order valence-corrected chi connectivity index (χ3v) is 5.77. The highest BCUT2D eigenvalue weighted by molar-refractivity contribution is 6.51. The lowest BCUT2D eigenvalue weighted by atomic mass is 9.98. The van der Waals surface area contributed by atoms with Crippen molar-refractivity contribution in [3.63, 3.8) is 0 Å². The number of H-pyrrole nitrogens is 1. The highest BCUT2D eigenvalue weighted by atomic mass is 16.5. The van der Waals surface area contributed by atoms with Gasteiger partial charge in [0.2, 0.25) is 5.95 Å². The van der Waals surface area contributed by atoms with Crippen LogP contribution >= 0.6 is 0 Å². The first-order chi connectivity index (χ1) is 16.4. The molecule has 0 aliphatic carbocycles. The number of aromatic nitrogens is 2. The maximum Gasteiger partial charge on any atom is 0.302 e. The van der Waals surface area contributed by atoms with E-state index in [9.17, 15) is 14.7 Å². The van der Waals surface area contributed by atoms with Gasteiger partial charge in [0.05, 0.1) is 37.1 Å². The number of methoxy groups -OCH3 is 2. The van der Waals surface area contributed by atoms with Crippen molar-refractivity contribution in [2.45, 2.75) is 13.0 Å². The summed E-state index contributed by atoms with van der Waals surface area (Å²) in [5, 5.41) is 11.4. The number of aliphatic hydroxyl groups is 1. The van der Waals surface area contributed by atoms with Crippen LogP contribution in [0.1, 0.15) is 22.9 Å². The van der Waals surface area contributed by atoms with Crippen LogP contribution in [0.4, 0.5) is 5.95 Å². The minimum atomic E-state index is -1.06. The fraction of sp³-hybridized carbons (Fsp3) is 0.160. The highest BCUT2D eigenvalue weighted by Crippen LogP contribution is 2.44. The molecule has 172 valence electrons. The van der Waals surface area contributed by atoms with Crippen molar-refractivity contribution in [3.8, 4) is 11.5 Å². The molecule has 1 amide bonds. The number of hydrogen-bond acceptors (Lipinski definition) is 7. The van der Waals surface area contributed by atoms with Gasteiger partial charge < -0.3 is 24.0 Å². The van der Waals surface area contributed by atoms with Gasteiger partial charge in [0, 0.05) is 0 Å². The number of ether oxygens (including phenoxy) is 2. The number of rotatable bonds is 5. The van der Waals surface area contributed by atoms with Crippen LogP contribution in [0.3, 0.4) is 0 Å². The topological polar surface area (TPSA) is 118 Å². The number of benzene rings is 2. The first kappa shape index (κ1) is 21.3. The van der Waals surface area contributed by atoms with E-state index in [1.54, 1.807) is 30.3 Å². The summed E-state index contributed by atoms with van der Waals surface area (Å²) in [5.41, 5.74) is 2.34. The Balaban J connectivity index is 1.75. The molecule has 1 aliphatic heterocycles. The fourth-order valence-electron chi connectivity index (χ4n) is 4.21. The van der Waals surface area contributed by atoms with Gasteiger partial charge in [0.1, 0.15) is 34.6 Å². The van der Waals surface area contributed by atoms with Crippen molar-refractivity contribution in [1.29, 1.82) is 0 Å². The number of aryl methyl sites for hydroxylation is 1. The van der Waals surface area contributed by atoms with E-state index in [1.165, 1.54) is 25.4 Å². The maximum atomic E-state index is 13.3. The van der Waals surface area contributed by atoms with Gasteiger partial charge in [-0.25, -0.2) is 4.98 Å². The Kier molecular flexibility index (Phi) is 5.09. The molecule has 0 saturated carbocycles. The predicted octanol–water partition coefficient (Wildman–Crippen LogP) is 4.11. The number of imidazole rings is 1. The molecule has 1 saturated heterocycles. The maximum absolute atomic E-state index is 13.3. The largest absolute Gasteiger partial charge is 0.506 e. The number of carbonyl (C=O) groups excluding carboxylic acids is 2. The van der Waals surface area contributed by atoms with Crippen molar-refractivity contribution in [1.82, 2.24) is 9.97 Å². The molecule has 9 nitrogen and oxygen atoms in total. The van der Waals surface area contributed by atoms with Gasteiger partial charge in [-0.15, -0.1) is 0 Å². The molecule has 0 radical (unpaired) electrons. The standard InChI is InChI=1S/C25H21N3O6/c1-13-9-10-14-15(12-13)27-25(26-14)28-21(18-8-5-11-34-18)20(23(30)24(28)31)22(29)19-16(32-2)6-4-7-17(19)33-3/h4-12,21,29H,1-3H3,(H,26,27)/b22-20+. The number of aromatic amines is 1. The van der Waals surface area contributed by atoms with Crippen molar-refractivity contribution >= 4 is 34.4 Å². The van der Waals surface area contributed by atoms with Crippen LogP contribution in [0.5, 0.6) is 11.5 Å². The smallest absolute Gasteiger partial charge is 0.302 e. The van der Waals surface area contributed by atoms with Crippen LogP contribution in [-0.4, -0.2) is 41.0 Å². The van der Waals surface area contributed by atoms with Crippen molar-refractivity contribution < 1.29 is 28.6 Å². The SMILES string of the molecule is COc1cccc(OC)c1/C(O)=C1\C(=O)C(=O)N(c2nc3ccc(C)cc3[nH]2)C1c1ccco1. The normalized spacial score (nSPS) is 17.5. The fourth-order valence-corrected chi connectivity index (χ4v) is 4.21. The van der Waals surface area contributed by atoms with Crippen molar-refractivity contribution in [3.05, 3.63) is 77.3 Å². The number of fused-ring (bicyclic) bond motifs is 1. The van der Waals surface area contributed by atoms with Crippen LogP contribution < -0.4 is 14.4 Å². The number of carbonyl (C=O) groups is 2. The molecule has 5 rings (SSSR count). The summed E-state index contributed by atoms with van der Waals surface area (Å²) in [6, 6.07) is 12.8. The van der Waals surface area contributed by atoms with Crippen molar-refractivity contribution in [2.24, 2.45) is 0 Å². The molecule has 1 unspecified atom stereocenters. The third kappa shape index (κ3) is 3.21. The molecule has 0 bridgehead atoms. The second kappa shape index (κ2) is 8.11. The average molecular weight is 459 g/mol. The number of amides is 1. The summed E-state index contributed by atoms with van der Waals surface area (Å²) in [7, 11) is 2.87. The Morgan fingerprint density at radius 1 is 1.09 bits per heavy atom. The summed E-state index contributed by atoms with van der Waals surface area (Å²) in [6.07, 6.45) is 1.43. The van der Waals surface area contributed by atoms with E-state index < -0.39 is 23.5 Å². The van der Waals surface area contributed by atoms with E-state index >= 15 is 0 Å². The Morgan fingerprint density at radius 2 is 1.82 bits per heavy atom.